The van der Waals surface area contributed by atoms with Crippen molar-refractivity contribution in [3.8, 4) is 0 Å². The molecule has 2 heterocycles. The molecule has 0 spiro atoms. The van der Waals surface area contributed by atoms with Crippen LogP contribution in [-0.4, -0.2) is 61.1 Å². The Labute approximate surface area is 91.2 Å². The summed E-state index contributed by atoms with van der Waals surface area (Å²) in [5, 5.41) is 0. The number of carbonyl (C=O) groups excluding carboxylic acids is 1. The molecule has 2 fully saturated rings. The predicted molar refractivity (Wildman–Crippen MR) is 57.7 cm³/mol. The van der Waals surface area contributed by atoms with Crippen LogP contribution in [0.3, 0.4) is 0 Å². The Kier molecular flexibility index (Phi) is 3.59. The molecule has 4 nitrogen and oxygen atoms in total. The topological polar surface area (TPSA) is 32.8 Å². The molecule has 15 heavy (non-hydrogen) atoms. The first-order valence-electron chi connectivity index (χ1n) is 5.91. The molecule has 2 saturated heterocycles. The Morgan fingerprint density at radius 2 is 2.07 bits per heavy atom. The smallest absolute Gasteiger partial charge is 0.307 e. The lowest BCUT2D eigenvalue weighted by atomic mass is 10.1. The predicted octanol–water partition coefficient (Wildman–Crippen LogP) is 0.329. The molecule has 0 radical (unpaired) electrons. The van der Waals surface area contributed by atoms with E-state index in [0.29, 0.717) is 19.1 Å². The first-order chi connectivity index (χ1) is 7.29. The SMILES string of the molecule is CCN1CCN(C2CCOC(=O)C2)CC1. The van der Waals surface area contributed by atoms with E-state index in [4.69, 9.17) is 4.74 Å². The number of nitrogens with zero attached hydrogens (tertiary/aromatic N) is 2. The Morgan fingerprint density at radius 3 is 2.67 bits per heavy atom. The van der Waals surface area contributed by atoms with Gasteiger partial charge in [0.2, 0.25) is 0 Å². The van der Waals surface area contributed by atoms with Crippen molar-refractivity contribution in [1.29, 1.82) is 0 Å². The second-order valence-corrected chi connectivity index (χ2v) is 4.34. The largest absolute Gasteiger partial charge is 0.466 e. The summed E-state index contributed by atoms with van der Waals surface area (Å²) in [5.74, 6) is -0.0239. The highest BCUT2D eigenvalue weighted by Gasteiger charge is 2.28. The zero-order chi connectivity index (χ0) is 10.7. The van der Waals surface area contributed by atoms with E-state index in [1.54, 1.807) is 0 Å². The van der Waals surface area contributed by atoms with Gasteiger partial charge in [0, 0.05) is 32.2 Å². The summed E-state index contributed by atoms with van der Waals surface area (Å²) in [6.45, 7) is 8.44. The molecule has 4 heteroatoms. The van der Waals surface area contributed by atoms with Crippen molar-refractivity contribution in [2.45, 2.75) is 25.8 Å². The van der Waals surface area contributed by atoms with Gasteiger partial charge in [-0.2, -0.15) is 0 Å². The molecule has 1 atom stereocenters. The fourth-order valence-corrected chi connectivity index (χ4v) is 2.42. The summed E-state index contributed by atoms with van der Waals surface area (Å²) >= 11 is 0. The second kappa shape index (κ2) is 4.94. The van der Waals surface area contributed by atoms with Gasteiger partial charge in [-0.05, 0) is 13.0 Å². The lowest BCUT2D eigenvalue weighted by Gasteiger charge is -2.39. The zero-order valence-corrected chi connectivity index (χ0v) is 9.45. The number of esters is 1. The van der Waals surface area contributed by atoms with Gasteiger partial charge in [-0.25, -0.2) is 0 Å². The number of piperazine rings is 1. The van der Waals surface area contributed by atoms with Gasteiger partial charge in [0.25, 0.3) is 0 Å². The summed E-state index contributed by atoms with van der Waals surface area (Å²) in [4.78, 5) is 16.1. The maximum Gasteiger partial charge on any atom is 0.307 e. The molecule has 86 valence electrons. The highest BCUT2D eigenvalue weighted by molar-refractivity contribution is 5.70. The molecule has 2 aliphatic rings. The third-order valence-corrected chi connectivity index (χ3v) is 3.49. The van der Waals surface area contributed by atoms with E-state index in [2.05, 4.69) is 16.7 Å². The average Bonchev–Trinajstić information content (AvgIpc) is 2.29. The van der Waals surface area contributed by atoms with Crippen molar-refractivity contribution in [2.75, 3.05) is 39.3 Å². The molecule has 0 aromatic heterocycles. The maximum absolute atomic E-state index is 11.2. The van der Waals surface area contributed by atoms with E-state index in [9.17, 15) is 4.79 Å². The van der Waals surface area contributed by atoms with Crippen LogP contribution in [-0.2, 0) is 9.53 Å². The van der Waals surface area contributed by atoms with Crippen molar-refractivity contribution in [1.82, 2.24) is 9.80 Å². The molecular weight excluding hydrogens is 192 g/mol. The minimum absolute atomic E-state index is 0.0239. The van der Waals surface area contributed by atoms with Crippen LogP contribution in [0.25, 0.3) is 0 Å². The lowest BCUT2D eigenvalue weighted by molar-refractivity contribution is -0.150. The lowest BCUT2D eigenvalue weighted by Crippen LogP contribution is -2.51. The normalized spacial score (nSPS) is 30.2. The van der Waals surface area contributed by atoms with Crippen LogP contribution < -0.4 is 0 Å². The third-order valence-electron chi connectivity index (χ3n) is 3.49. The summed E-state index contributed by atoms with van der Waals surface area (Å²) in [7, 11) is 0. The van der Waals surface area contributed by atoms with Gasteiger partial charge in [0.1, 0.15) is 0 Å². The van der Waals surface area contributed by atoms with Crippen LogP contribution in [0.2, 0.25) is 0 Å². The van der Waals surface area contributed by atoms with Crippen LogP contribution in [0.5, 0.6) is 0 Å². The van der Waals surface area contributed by atoms with Crippen molar-refractivity contribution >= 4 is 5.97 Å². The summed E-state index contributed by atoms with van der Waals surface area (Å²) in [6.07, 6.45) is 1.60. The fraction of sp³-hybridized carbons (Fsp3) is 0.909. The quantitative estimate of drug-likeness (QED) is 0.618. The number of likely N-dealkylation sites (N-methyl/N-ethyl adjacent to an activating group) is 1. The molecule has 0 saturated carbocycles. The van der Waals surface area contributed by atoms with Gasteiger partial charge in [0.05, 0.1) is 13.0 Å². The van der Waals surface area contributed by atoms with Crippen LogP contribution in [0.1, 0.15) is 19.8 Å². The van der Waals surface area contributed by atoms with E-state index in [-0.39, 0.29) is 5.97 Å². The Balaban J connectivity index is 1.81. The molecule has 0 bridgehead atoms. The van der Waals surface area contributed by atoms with Crippen molar-refractivity contribution in [2.24, 2.45) is 0 Å². The number of hydrogen-bond donors (Lipinski definition) is 0. The van der Waals surface area contributed by atoms with Gasteiger partial charge in [-0.1, -0.05) is 6.92 Å². The van der Waals surface area contributed by atoms with Crippen LogP contribution in [0, 0.1) is 0 Å². The second-order valence-electron chi connectivity index (χ2n) is 4.34. The Morgan fingerprint density at radius 1 is 1.33 bits per heavy atom. The first kappa shape index (κ1) is 10.9. The number of carbonyl (C=O) groups is 1. The van der Waals surface area contributed by atoms with E-state index in [1.807, 2.05) is 0 Å². The van der Waals surface area contributed by atoms with E-state index >= 15 is 0 Å². The van der Waals surface area contributed by atoms with E-state index < -0.39 is 0 Å². The van der Waals surface area contributed by atoms with Gasteiger partial charge >= 0.3 is 5.97 Å². The third kappa shape index (κ3) is 2.69. The minimum Gasteiger partial charge on any atom is -0.466 e. The number of cyclic esters (lactones) is 1. The fourth-order valence-electron chi connectivity index (χ4n) is 2.42. The molecule has 0 amide bonds. The van der Waals surface area contributed by atoms with Gasteiger partial charge in [0.15, 0.2) is 0 Å². The molecule has 0 N–H and O–H groups in total. The standard InChI is InChI=1S/C11H20N2O2/c1-2-12-4-6-13(7-5-12)10-3-8-15-11(14)9-10/h10H,2-9H2,1H3. The van der Waals surface area contributed by atoms with Gasteiger partial charge < -0.3 is 9.64 Å². The van der Waals surface area contributed by atoms with Crippen molar-refractivity contribution in [3.63, 3.8) is 0 Å². The van der Waals surface area contributed by atoms with Gasteiger partial charge in [-0.15, -0.1) is 0 Å². The minimum atomic E-state index is -0.0239. The molecule has 0 aromatic carbocycles. The molecule has 0 aliphatic carbocycles. The molecular formula is C11H20N2O2. The van der Waals surface area contributed by atoms with E-state index in [0.717, 1.165) is 39.1 Å². The summed E-state index contributed by atoms with van der Waals surface area (Å²) in [5.41, 5.74) is 0. The van der Waals surface area contributed by atoms with Gasteiger partial charge in [-0.3, -0.25) is 9.69 Å². The number of ether oxygens (including phenoxy) is 1. The van der Waals surface area contributed by atoms with Crippen LogP contribution in [0.4, 0.5) is 0 Å². The summed E-state index contributed by atoms with van der Waals surface area (Å²) in [6, 6.07) is 0.435. The summed E-state index contributed by atoms with van der Waals surface area (Å²) < 4.78 is 4.97. The van der Waals surface area contributed by atoms with Crippen molar-refractivity contribution < 1.29 is 9.53 Å². The molecule has 2 aliphatic heterocycles. The Hall–Kier alpha value is -0.610. The number of rotatable bonds is 2. The highest BCUT2D eigenvalue weighted by atomic mass is 16.5. The van der Waals surface area contributed by atoms with Crippen LogP contribution in [0.15, 0.2) is 0 Å². The maximum atomic E-state index is 11.2. The highest BCUT2D eigenvalue weighted by Crippen LogP contribution is 2.17. The number of hydrogen-bond acceptors (Lipinski definition) is 4. The Bertz CT molecular complexity index is 225. The monoisotopic (exact) mass is 212 g/mol. The molecule has 1 unspecified atom stereocenters. The molecule has 2 rings (SSSR count). The first-order valence-corrected chi connectivity index (χ1v) is 5.91. The van der Waals surface area contributed by atoms with Crippen molar-refractivity contribution in [3.05, 3.63) is 0 Å². The van der Waals surface area contributed by atoms with Crippen LogP contribution >= 0.6 is 0 Å². The van der Waals surface area contributed by atoms with E-state index in [1.165, 1.54) is 0 Å². The zero-order valence-electron chi connectivity index (χ0n) is 9.45. The molecule has 0 aromatic rings. The average molecular weight is 212 g/mol.